The second kappa shape index (κ2) is 12.9. The molecule has 0 unspecified atom stereocenters. The van der Waals surface area contributed by atoms with Gasteiger partial charge in [0.25, 0.3) is 0 Å². The zero-order chi connectivity index (χ0) is 26.2. The van der Waals surface area contributed by atoms with E-state index in [1.165, 1.54) is 12.0 Å². The summed E-state index contributed by atoms with van der Waals surface area (Å²) in [5, 5.41) is 11.0. The number of methoxy groups -OCH3 is 2. The van der Waals surface area contributed by atoms with Gasteiger partial charge in [0.1, 0.15) is 17.1 Å². The molecule has 0 bridgehead atoms. The molecule has 0 spiro atoms. The molecule has 1 fully saturated rings. The van der Waals surface area contributed by atoms with Gasteiger partial charge in [-0.15, -0.1) is 0 Å². The van der Waals surface area contributed by atoms with Crippen molar-refractivity contribution in [2.24, 2.45) is 0 Å². The maximum atomic E-state index is 12.5. The first-order valence-electron chi connectivity index (χ1n) is 12.8. The molecule has 3 aromatic rings. The number of hydrogen-bond donors (Lipinski definition) is 1. The van der Waals surface area contributed by atoms with Gasteiger partial charge in [-0.3, -0.25) is 0 Å². The molecule has 0 saturated heterocycles. The highest BCUT2D eigenvalue weighted by Crippen LogP contribution is 2.46. The van der Waals surface area contributed by atoms with Gasteiger partial charge in [0.2, 0.25) is 0 Å². The van der Waals surface area contributed by atoms with Gasteiger partial charge in [-0.1, -0.05) is 19.3 Å². The Kier molecular flexibility index (Phi) is 9.38. The molecule has 0 aliphatic heterocycles. The Morgan fingerprint density at radius 3 is 2.51 bits per heavy atom. The van der Waals surface area contributed by atoms with Crippen LogP contribution in [-0.2, 0) is 20.8 Å². The second-order valence-corrected chi connectivity index (χ2v) is 9.02. The van der Waals surface area contributed by atoms with Crippen molar-refractivity contribution in [2.45, 2.75) is 51.5 Å². The monoisotopic (exact) mass is 512 g/mol. The predicted octanol–water partition coefficient (Wildman–Crippen LogP) is 4.89. The molecular formula is C28H36N2O7. The Morgan fingerprint density at radius 2 is 1.81 bits per heavy atom. The summed E-state index contributed by atoms with van der Waals surface area (Å²) in [7, 11) is 3.14. The van der Waals surface area contributed by atoms with Crippen LogP contribution >= 0.6 is 0 Å². The fourth-order valence-electron chi connectivity index (χ4n) is 5.13. The number of rotatable bonds is 12. The lowest BCUT2D eigenvalue weighted by Gasteiger charge is -2.24. The molecule has 0 atom stereocenters. The molecule has 1 saturated carbocycles. The molecule has 2 aromatic heterocycles. The summed E-state index contributed by atoms with van der Waals surface area (Å²) in [5.41, 5.74) is 3.82. The average molecular weight is 513 g/mol. The zero-order valence-electron chi connectivity index (χ0n) is 21.8. The maximum absolute atomic E-state index is 12.5. The largest absolute Gasteiger partial charge is 0.467 e. The Hall–Kier alpha value is -3.14. The van der Waals surface area contributed by atoms with Crippen LogP contribution in [0.3, 0.4) is 0 Å². The van der Waals surface area contributed by atoms with Crippen LogP contribution < -0.4 is 9.47 Å². The van der Waals surface area contributed by atoms with E-state index in [0.717, 1.165) is 42.3 Å². The molecule has 1 aliphatic rings. The first-order valence-corrected chi connectivity index (χ1v) is 12.8. The van der Waals surface area contributed by atoms with Crippen LogP contribution in [0.15, 0.2) is 30.3 Å². The quantitative estimate of drug-likeness (QED) is 0.271. The summed E-state index contributed by atoms with van der Waals surface area (Å²) in [5.74, 6) is 1.04. The van der Waals surface area contributed by atoms with Crippen molar-refractivity contribution in [3.63, 3.8) is 0 Å². The van der Waals surface area contributed by atoms with Gasteiger partial charge in [-0.25, -0.2) is 9.78 Å². The molecule has 1 aromatic carbocycles. The molecular weight excluding hydrogens is 476 g/mol. The van der Waals surface area contributed by atoms with Crippen molar-refractivity contribution in [1.29, 1.82) is 0 Å². The van der Waals surface area contributed by atoms with E-state index in [9.17, 15) is 9.90 Å². The van der Waals surface area contributed by atoms with Gasteiger partial charge in [0.15, 0.2) is 19.3 Å². The third-order valence-corrected chi connectivity index (χ3v) is 6.65. The van der Waals surface area contributed by atoms with Crippen molar-refractivity contribution in [2.75, 3.05) is 41.0 Å². The van der Waals surface area contributed by atoms with Crippen molar-refractivity contribution in [3.8, 4) is 22.8 Å². The maximum Gasteiger partial charge on any atom is 0.356 e. The van der Waals surface area contributed by atoms with Gasteiger partial charge >= 0.3 is 5.97 Å². The number of fused-ring (bicyclic) bond motifs is 1. The van der Waals surface area contributed by atoms with E-state index >= 15 is 0 Å². The number of aliphatic hydroxyl groups excluding tert-OH is 1. The number of nitrogens with zero attached hydrogens (tertiary/aromatic N) is 2. The molecule has 0 radical (unpaired) electrons. The van der Waals surface area contributed by atoms with E-state index < -0.39 is 5.97 Å². The first kappa shape index (κ1) is 26.9. The SMILES string of the molecule is CCOC(=O)c1ccc2c(C3CCCCC3)c(-c3ccc(OCOC)cc3OCOC)n(CCO)c2n1. The van der Waals surface area contributed by atoms with Gasteiger partial charge in [0.05, 0.1) is 18.9 Å². The number of pyridine rings is 1. The fraction of sp³-hybridized carbons (Fsp3) is 0.500. The molecule has 37 heavy (non-hydrogen) atoms. The number of aliphatic hydroxyl groups is 1. The van der Waals surface area contributed by atoms with Crippen molar-refractivity contribution in [1.82, 2.24) is 9.55 Å². The van der Waals surface area contributed by atoms with Crippen LogP contribution in [0.1, 0.15) is 61.0 Å². The highest BCUT2D eigenvalue weighted by molar-refractivity contribution is 5.95. The predicted molar refractivity (Wildman–Crippen MR) is 139 cm³/mol. The van der Waals surface area contributed by atoms with E-state index in [0.29, 0.717) is 29.6 Å². The standard InChI is InChI=1S/C28H36N2O7/c1-4-35-28(32)23-13-12-22-25(19-8-6-5-7-9-19)26(30(14-15-31)27(22)29-23)21-11-10-20(36-17-33-2)16-24(21)37-18-34-3/h10-13,16,19,31H,4-9,14-15,17-18H2,1-3H3. The minimum Gasteiger partial charge on any atom is -0.467 e. The molecule has 9 nitrogen and oxygen atoms in total. The minimum atomic E-state index is -0.467. The number of benzene rings is 1. The van der Waals surface area contributed by atoms with Crippen LogP contribution in [0.2, 0.25) is 0 Å². The highest BCUT2D eigenvalue weighted by Gasteiger charge is 2.29. The number of carbonyl (C=O) groups excluding carboxylic acids is 1. The number of ether oxygens (including phenoxy) is 5. The van der Waals surface area contributed by atoms with Crippen LogP contribution in [0.5, 0.6) is 11.5 Å². The minimum absolute atomic E-state index is 0.0605. The number of aromatic nitrogens is 2. The Labute approximate surface area is 217 Å². The Bertz CT molecular complexity index is 1200. The molecule has 2 heterocycles. The molecule has 4 rings (SSSR count). The van der Waals surface area contributed by atoms with Crippen molar-refractivity contribution in [3.05, 3.63) is 41.6 Å². The molecule has 200 valence electrons. The normalized spacial score (nSPS) is 14.2. The summed E-state index contributed by atoms with van der Waals surface area (Å²) in [4.78, 5) is 17.3. The third kappa shape index (κ3) is 5.89. The number of carbonyl (C=O) groups is 1. The van der Waals surface area contributed by atoms with Gasteiger partial charge in [0, 0.05) is 37.8 Å². The Balaban J connectivity index is 1.97. The third-order valence-electron chi connectivity index (χ3n) is 6.65. The molecule has 1 N–H and O–H groups in total. The van der Waals surface area contributed by atoms with Crippen LogP contribution in [0.25, 0.3) is 22.3 Å². The Morgan fingerprint density at radius 1 is 1.05 bits per heavy atom. The van der Waals surface area contributed by atoms with E-state index in [2.05, 4.69) is 0 Å². The lowest BCUT2D eigenvalue weighted by Crippen LogP contribution is -2.11. The molecule has 9 heteroatoms. The van der Waals surface area contributed by atoms with Crippen LogP contribution in [-0.4, -0.2) is 61.6 Å². The second-order valence-electron chi connectivity index (χ2n) is 9.02. The van der Waals surface area contributed by atoms with E-state index in [4.69, 9.17) is 28.7 Å². The van der Waals surface area contributed by atoms with Crippen LogP contribution in [0, 0.1) is 0 Å². The van der Waals surface area contributed by atoms with E-state index in [1.807, 2.05) is 28.8 Å². The molecule has 0 amide bonds. The summed E-state index contributed by atoms with van der Waals surface area (Å²) in [6, 6.07) is 9.33. The van der Waals surface area contributed by atoms with E-state index in [-0.39, 0.29) is 32.5 Å². The molecule has 1 aliphatic carbocycles. The summed E-state index contributed by atoms with van der Waals surface area (Å²) in [6.07, 6.45) is 5.66. The number of esters is 1. The van der Waals surface area contributed by atoms with Crippen molar-refractivity contribution >= 4 is 17.0 Å². The lowest BCUT2D eigenvalue weighted by atomic mass is 9.82. The van der Waals surface area contributed by atoms with Gasteiger partial charge < -0.3 is 33.4 Å². The summed E-state index contributed by atoms with van der Waals surface area (Å²) < 4.78 is 29.1. The topological polar surface area (TPSA) is 101 Å². The average Bonchev–Trinajstić information content (AvgIpc) is 3.24. The fourth-order valence-corrected chi connectivity index (χ4v) is 5.13. The zero-order valence-corrected chi connectivity index (χ0v) is 21.8. The lowest BCUT2D eigenvalue weighted by molar-refractivity contribution is 0.0462. The summed E-state index contributed by atoms with van der Waals surface area (Å²) in [6.45, 7) is 2.43. The van der Waals surface area contributed by atoms with Gasteiger partial charge in [-0.05, 0) is 55.5 Å². The first-order chi connectivity index (χ1) is 18.1. The van der Waals surface area contributed by atoms with E-state index in [1.54, 1.807) is 27.2 Å². The number of hydrogen-bond acceptors (Lipinski definition) is 8. The van der Waals surface area contributed by atoms with Crippen LogP contribution in [0.4, 0.5) is 0 Å². The van der Waals surface area contributed by atoms with Gasteiger partial charge in [-0.2, -0.15) is 0 Å². The summed E-state index contributed by atoms with van der Waals surface area (Å²) >= 11 is 0. The highest BCUT2D eigenvalue weighted by atomic mass is 16.7. The van der Waals surface area contributed by atoms with Crippen molar-refractivity contribution < 1.29 is 33.6 Å². The smallest absolute Gasteiger partial charge is 0.356 e.